The Morgan fingerprint density at radius 2 is 0.589 bits per heavy atom. The van der Waals surface area contributed by atoms with Gasteiger partial charge in [0.2, 0.25) is 5.95 Å². The van der Waals surface area contributed by atoms with Crippen molar-refractivity contribution in [3.63, 3.8) is 0 Å². The third kappa shape index (κ3) is 21.4. The van der Waals surface area contributed by atoms with E-state index in [1.807, 2.05) is 9.97 Å². The summed E-state index contributed by atoms with van der Waals surface area (Å²) in [5.41, 5.74) is 21.4. The van der Waals surface area contributed by atoms with E-state index < -0.39 is 322 Å². The van der Waals surface area contributed by atoms with Crippen molar-refractivity contribution in [2.24, 2.45) is 0 Å². The summed E-state index contributed by atoms with van der Waals surface area (Å²) in [5.74, 6) is -1.42. The number of hydrogen-bond acceptors (Lipinski definition) is 57. The summed E-state index contributed by atoms with van der Waals surface area (Å²) in [5, 5.41) is 104. The Kier molecular flexibility index (Phi) is 29.5. The zero-order valence-electron chi connectivity index (χ0n) is 73.1. The minimum absolute atomic E-state index is 0.00797. The van der Waals surface area contributed by atoms with Gasteiger partial charge in [0.05, 0.1) is 71.6 Å². The highest BCUT2D eigenvalue weighted by Crippen LogP contribution is 2.58. The summed E-state index contributed by atoms with van der Waals surface area (Å²) < 4.78 is 197. The second kappa shape index (κ2) is 41.0. The maximum atomic E-state index is 14.7. The molecule has 34 atom stereocenters. The highest BCUT2D eigenvalue weighted by Gasteiger charge is 2.59. The molecule has 0 aliphatic carbocycles. The van der Waals surface area contributed by atoms with Gasteiger partial charge < -0.3 is 137 Å². The number of fused-ring (bicyclic) bond motifs is 4. The van der Waals surface area contributed by atoms with E-state index in [4.69, 9.17) is 116 Å². The smallest absolute Gasteiger partial charge is 0.394 e. The maximum absolute atomic E-state index is 14.7. The van der Waals surface area contributed by atoms with Gasteiger partial charge in [0.1, 0.15) is 170 Å². The first-order valence-electron chi connectivity index (χ1n) is 42.1. The SMILES string of the molecule is Nc1ccn([C@@H]2O[C@H](COP(=O)(O)O[C@H]3[C@@H](O)[C@H](n4cnc5c(=O)[nH]c(N)nc54)O[C@@H]3COP(=O)(O)O[C@H]3[C@@H](O)[C@H](n4ccc(=O)[nH]c4=O)O[C@@H]3COP(=O)(O)O[C@H]3[C@@H](O)[C@H](n4cnc5c(N)ncnc54)O[C@@H]3CO)[C@@H](OP(=O)(O)OC[C@H]3O[C@@H](n4cnc5c(N)ncnc54)[C@H](O)[C@@H]3OP(=O)(O)OC[C@H]3O[C@@H](n4ccc(=O)[nH]c4=O)[C@H](O)[C@@H]3OP(=O)(O)OC[C@H]3O[C@@H](n4cnc5c(N)ncnc54)[C@H](O)[C@@H]3O)[C@H]2O)c(=O)n1. The lowest BCUT2D eigenvalue weighted by molar-refractivity contribution is -0.0662. The molecule has 11 aromatic heterocycles. The first-order valence-corrected chi connectivity index (χ1v) is 51.1. The van der Waals surface area contributed by atoms with Gasteiger partial charge in [-0.1, -0.05) is 0 Å². The third-order valence-corrected chi connectivity index (χ3v) is 29.3. The summed E-state index contributed by atoms with van der Waals surface area (Å²) in [4.78, 5) is 200. The largest absolute Gasteiger partial charge is 0.472 e. The molecule has 79 heteroatoms. The van der Waals surface area contributed by atoms with Crippen LogP contribution in [0.15, 0.2) is 110 Å². The van der Waals surface area contributed by atoms with Crippen LogP contribution in [-0.4, -0.2) is 356 Å². The molecule has 7 saturated heterocycles. The molecule has 0 radical (unpaired) electrons. The molecule has 146 heavy (non-hydrogen) atoms. The maximum Gasteiger partial charge on any atom is 0.472 e. The number of nitrogen functional groups attached to an aromatic ring is 5. The van der Waals surface area contributed by atoms with Gasteiger partial charge >= 0.3 is 64.0 Å². The minimum atomic E-state index is -6.12. The number of phosphoric acid groups is 6. The lowest BCUT2D eigenvalue weighted by Crippen LogP contribution is -2.39. The van der Waals surface area contributed by atoms with Crippen LogP contribution in [0.1, 0.15) is 43.6 Å². The molecule has 0 amide bonds. The average molecular weight is 2190 g/mol. The number of imidazole rings is 4. The molecule has 0 saturated carbocycles. The molecule has 6 unspecified atom stereocenters. The number of phosphoric ester groups is 6. The molecule has 0 bridgehead atoms. The Bertz CT molecular complexity index is 7450. The van der Waals surface area contributed by atoms with E-state index >= 15 is 0 Å². The summed E-state index contributed by atoms with van der Waals surface area (Å²) in [6, 6.07) is 2.52. The fourth-order valence-corrected chi connectivity index (χ4v) is 22.5. The van der Waals surface area contributed by atoms with Crippen molar-refractivity contribution < 1.29 is 190 Å². The van der Waals surface area contributed by atoms with Crippen molar-refractivity contribution in [3.05, 3.63) is 144 Å². The third-order valence-electron chi connectivity index (χ3n) is 23.4. The number of H-pyrrole nitrogens is 3. The van der Waals surface area contributed by atoms with E-state index in [1.54, 1.807) is 0 Å². The van der Waals surface area contributed by atoms with Crippen molar-refractivity contribution in [1.29, 1.82) is 0 Å². The molecule has 0 spiro atoms. The van der Waals surface area contributed by atoms with Gasteiger partial charge in [-0.2, -0.15) is 9.97 Å². The van der Waals surface area contributed by atoms with Gasteiger partial charge in [0.15, 0.2) is 89.2 Å². The first kappa shape index (κ1) is 105. The zero-order chi connectivity index (χ0) is 104. The molecule has 792 valence electrons. The molecular formula is C67H83N27O46P6. The lowest BCUT2D eigenvalue weighted by atomic mass is 10.1. The topological polar surface area (TPSA) is 1050 Å². The number of aliphatic hydroxyl groups is 9. The number of rotatable bonds is 38. The standard InChI is InChI=1S/C67H83N27O46P6/c68-28-1-4-88(65(107)83-28)58-38(101)44(137-143(114,115)126-12-26-47(41(104)62(133-26)93-19-81-33-51(71)75-16-78-54(33)93)139-145(118,119)125-11-25-45(39(102)59(132-25)89-5-2-29(96)84-66(89)108)136-141(110,111)122-8-22-35(98)36(99)57(129-22)91-17-79-31-49(69)73-14-76-52(31)91)23(130-58)10-124-146(120,121)140-48-27(134-63(42(48)105)94-20-82-34-55(94)86-64(72)87-56(34)106)13-127-144(116,117)138-46-24(131-60(40(46)103)90-6-3-30(97)85-67(90)109)9-123-142(112,113)135-43-21(7-95)128-61(37(43)100)92-18-80-32-50(70)74-15-77-53(32)92/h1-6,14-27,35-48,57-63,95,98-105H,7-13H2,(H,110,111)(H,112,113)(H,114,115)(H,116,117)(H,118,119)(H,120,121)(H2,68,83,107)(H2,69,73,76)(H2,70,74,77)(H2,71,75,78)(H,84,96,108)(H,85,97,109)(H3,72,86,87,106)/t21-,22-,23-,24-,25-,26-,27-,35-,36-,37-,38-,39-,40-,41-,42-,43-,44-,45-,46-,47-,48-,57-,58-,59-,60-,61-,62-,63-/m1/s1. The predicted octanol–water partition coefficient (Wildman–Crippen LogP) is -9.92. The number of aromatic nitrogens is 22. The van der Waals surface area contributed by atoms with Crippen LogP contribution < -0.4 is 62.4 Å². The van der Waals surface area contributed by atoms with Crippen molar-refractivity contribution in [2.75, 3.05) is 74.9 Å². The second-order valence-corrected chi connectivity index (χ2v) is 41.1. The van der Waals surface area contributed by atoms with Gasteiger partial charge in [0, 0.05) is 30.7 Å². The zero-order valence-corrected chi connectivity index (χ0v) is 78.4. The van der Waals surface area contributed by atoms with Gasteiger partial charge in [-0.15, -0.1) is 0 Å². The molecule has 28 N–H and O–H groups in total. The number of nitrogens with two attached hydrogens (primary N) is 5. The minimum Gasteiger partial charge on any atom is -0.394 e. The average Bonchev–Trinajstić information content (AvgIpc) is 1.61. The Morgan fingerprint density at radius 1 is 0.315 bits per heavy atom. The highest BCUT2D eigenvalue weighted by atomic mass is 31.2. The molecule has 18 heterocycles. The van der Waals surface area contributed by atoms with Crippen molar-refractivity contribution in [3.8, 4) is 0 Å². The van der Waals surface area contributed by atoms with Crippen LogP contribution in [0, 0.1) is 0 Å². The van der Waals surface area contributed by atoms with Crippen LogP contribution >= 0.6 is 46.9 Å². The summed E-state index contributed by atoms with van der Waals surface area (Å²) >= 11 is 0. The van der Waals surface area contributed by atoms with E-state index in [0.29, 0.717) is 13.7 Å². The Balaban J connectivity index is 0.571. The van der Waals surface area contributed by atoms with Crippen LogP contribution in [0.25, 0.3) is 44.7 Å². The number of nitrogens with one attached hydrogen (secondary N) is 3. The van der Waals surface area contributed by atoms with Gasteiger partial charge in [-0.25, -0.2) is 91.6 Å². The van der Waals surface area contributed by atoms with Crippen molar-refractivity contribution in [2.45, 2.75) is 172 Å². The number of anilines is 5. The predicted molar refractivity (Wildman–Crippen MR) is 464 cm³/mol. The fraction of sp³-hybridized carbons (Fsp3) is 0.522. The molecule has 18 rings (SSSR count). The number of nitrogens with zero attached hydrogens (tertiary/aromatic N) is 19. The Labute approximate surface area is 805 Å². The first-order chi connectivity index (χ1) is 69.0. The number of aliphatic hydroxyl groups excluding tert-OH is 9. The van der Waals surface area contributed by atoms with Gasteiger partial charge in [-0.05, 0) is 6.07 Å². The van der Waals surface area contributed by atoms with Crippen LogP contribution in [-0.2, 0) is 115 Å². The molecule has 11 aromatic rings. The van der Waals surface area contributed by atoms with E-state index in [9.17, 15) is 131 Å². The lowest BCUT2D eigenvalue weighted by Gasteiger charge is -2.27. The van der Waals surface area contributed by atoms with E-state index in [2.05, 4.69) is 64.8 Å². The van der Waals surface area contributed by atoms with Crippen molar-refractivity contribution >= 4 is 121 Å². The summed E-state index contributed by atoms with van der Waals surface area (Å²) in [6.45, 7) is -9.36. The van der Waals surface area contributed by atoms with Crippen LogP contribution in [0.4, 0.5) is 29.2 Å². The van der Waals surface area contributed by atoms with E-state index in [0.717, 1.165) is 99.3 Å². The molecule has 7 fully saturated rings. The second-order valence-electron chi connectivity index (χ2n) is 32.7. The molecule has 7 aliphatic heterocycles. The van der Waals surface area contributed by atoms with Crippen LogP contribution in [0.5, 0.6) is 0 Å². The van der Waals surface area contributed by atoms with Crippen LogP contribution in [0.3, 0.4) is 0 Å². The monoisotopic (exact) mass is 2190 g/mol. The van der Waals surface area contributed by atoms with E-state index in [1.165, 1.54) is 0 Å². The summed E-state index contributed by atoms with van der Waals surface area (Å²) in [6.07, 6.45) is -49.8. The van der Waals surface area contributed by atoms with Gasteiger partial charge in [-0.3, -0.25) is 116 Å². The van der Waals surface area contributed by atoms with E-state index in [-0.39, 0.29) is 50.9 Å². The molecule has 7 aliphatic rings. The fourth-order valence-electron chi connectivity index (χ4n) is 16.7. The van der Waals surface area contributed by atoms with Gasteiger partial charge in [0.25, 0.3) is 16.7 Å². The molecule has 73 nitrogen and oxygen atoms in total. The number of hydrogen-bond donors (Lipinski definition) is 23. The van der Waals surface area contributed by atoms with Crippen LogP contribution in [0.2, 0.25) is 0 Å². The Morgan fingerprint density at radius 3 is 0.911 bits per heavy atom. The molecule has 0 aromatic carbocycles. The quantitative estimate of drug-likeness (QED) is 0.0160. The summed E-state index contributed by atoms with van der Waals surface area (Å²) in [7, 11) is -35.6. The van der Waals surface area contributed by atoms with Crippen molar-refractivity contribution in [1.82, 2.24) is 107 Å². The Hall–Kier alpha value is -10.7. The normalized spacial score (nSPS) is 32.7. The molecular weight excluding hydrogens is 2100 g/mol. The number of aromatic amines is 3. The number of ether oxygens (including phenoxy) is 7. The highest BCUT2D eigenvalue weighted by molar-refractivity contribution is 7.48.